The van der Waals surface area contributed by atoms with Crippen LogP contribution < -0.4 is 5.32 Å². The van der Waals surface area contributed by atoms with Crippen molar-refractivity contribution in [2.75, 3.05) is 6.54 Å². The van der Waals surface area contributed by atoms with Crippen molar-refractivity contribution in [1.82, 2.24) is 5.32 Å². The first-order valence-electron chi connectivity index (χ1n) is 4.38. The van der Waals surface area contributed by atoms with Crippen LogP contribution in [-0.4, -0.2) is 19.2 Å². The predicted octanol–water partition coefficient (Wildman–Crippen LogP) is 0.984. The third-order valence-electron chi connectivity index (χ3n) is 2.23. The van der Waals surface area contributed by atoms with Crippen LogP contribution in [0.25, 0.3) is 0 Å². The summed E-state index contributed by atoms with van der Waals surface area (Å²) in [5.41, 5.74) is 0. The lowest BCUT2D eigenvalue weighted by molar-refractivity contribution is -0.112. The van der Waals surface area contributed by atoms with E-state index in [-0.39, 0.29) is 5.92 Å². The molecule has 0 spiro atoms. The summed E-state index contributed by atoms with van der Waals surface area (Å²) < 4.78 is 0. The summed E-state index contributed by atoms with van der Waals surface area (Å²) in [6.07, 6.45) is 3.54. The highest BCUT2D eigenvalue weighted by Crippen LogP contribution is 2.16. The van der Waals surface area contributed by atoms with E-state index in [9.17, 15) is 9.59 Å². The van der Waals surface area contributed by atoms with Gasteiger partial charge in [0.2, 0.25) is 6.41 Å². The van der Waals surface area contributed by atoms with Gasteiger partial charge in [-0.2, -0.15) is 0 Å². The van der Waals surface area contributed by atoms with E-state index in [4.69, 9.17) is 0 Å². The molecule has 0 aromatic carbocycles. The second kappa shape index (κ2) is 6.83. The third kappa shape index (κ3) is 4.11. The predicted molar refractivity (Wildman–Crippen MR) is 47.7 cm³/mol. The number of carbonyl (C=O) groups is 2. The Kier molecular flexibility index (Phi) is 6.34. The Morgan fingerprint density at radius 1 is 1.42 bits per heavy atom. The standard InChI is InChI=1S/C9H17NO2/c1-3-9(8(2)6-11)4-5-10-7-12/h6-9H,3-5H2,1-2H3,(H,10,12). The molecule has 12 heavy (non-hydrogen) atoms. The van der Waals surface area contributed by atoms with E-state index in [0.29, 0.717) is 18.9 Å². The van der Waals surface area contributed by atoms with Crippen molar-refractivity contribution in [3.8, 4) is 0 Å². The van der Waals surface area contributed by atoms with E-state index in [2.05, 4.69) is 12.2 Å². The average molecular weight is 171 g/mol. The van der Waals surface area contributed by atoms with Gasteiger partial charge in [-0.1, -0.05) is 20.3 Å². The number of rotatable bonds is 7. The molecule has 2 atom stereocenters. The van der Waals surface area contributed by atoms with Crippen molar-refractivity contribution in [2.24, 2.45) is 11.8 Å². The molecule has 0 aliphatic carbocycles. The molecular weight excluding hydrogens is 154 g/mol. The summed E-state index contributed by atoms with van der Waals surface area (Å²) in [6.45, 7) is 4.65. The zero-order valence-corrected chi connectivity index (χ0v) is 7.75. The van der Waals surface area contributed by atoms with Crippen LogP contribution in [0.2, 0.25) is 0 Å². The van der Waals surface area contributed by atoms with E-state index in [1.165, 1.54) is 0 Å². The first-order chi connectivity index (χ1) is 5.76. The molecule has 0 aromatic heterocycles. The molecule has 0 saturated carbocycles. The zero-order chi connectivity index (χ0) is 9.40. The molecule has 2 unspecified atom stereocenters. The minimum absolute atomic E-state index is 0.100. The SMILES string of the molecule is CCC(CCNC=O)C(C)C=O. The van der Waals surface area contributed by atoms with Gasteiger partial charge in [-0.05, 0) is 12.3 Å². The van der Waals surface area contributed by atoms with Crippen molar-refractivity contribution in [3.63, 3.8) is 0 Å². The van der Waals surface area contributed by atoms with Crippen molar-refractivity contribution >= 4 is 12.7 Å². The number of amides is 1. The van der Waals surface area contributed by atoms with Crippen molar-refractivity contribution in [2.45, 2.75) is 26.7 Å². The molecule has 0 bridgehead atoms. The minimum atomic E-state index is 0.100. The van der Waals surface area contributed by atoms with E-state index in [1.54, 1.807) is 0 Å². The average Bonchev–Trinajstić information content (AvgIpc) is 2.11. The highest BCUT2D eigenvalue weighted by atomic mass is 16.1. The first kappa shape index (κ1) is 11.1. The van der Waals surface area contributed by atoms with Crippen LogP contribution in [0.1, 0.15) is 26.7 Å². The molecule has 0 aromatic rings. The molecule has 70 valence electrons. The maximum Gasteiger partial charge on any atom is 0.207 e. The van der Waals surface area contributed by atoms with Crippen LogP contribution in [0, 0.1) is 11.8 Å². The summed E-state index contributed by atoms with van der Waals surface area (Å²) in [7, 11) is 0. The van der Waals surface area contributed by atoms with Gasteiger partial charge in [0, 0.05) is 12.5 Å². The fourth-order valence-electron chi connectivity index (χ4n) is 1.28. The second-order valence-corrected chi connectivity index (χ2v) is 3.02. The van der Waals surface area contributed by atoms with Crippen LogP contribution in [0.4, 0.5) is 0 Å². The Morgan fingerprint density at radius 2 is 2.08 bits per heavy atom. The van der Waals surface area contributed by atoms with Gasteiger partial charge in [-0.3, -0.25) is 4.79 Å². The lowest BCUT2D eigenvalue weighted by Gasteiger charge is -2.16. The molecule has 3 heteroatoms. The van der Waals surface area contributed by atoms with Gasteiger partial charge in [0.15, 0.2) is 0 Å². The van der Waals surface area contributed by atoms with Crippen LogP contribution in [0.15, 0.2) is 0 Å². The summed E-state index contributed by atoms with van der Waals surface area (Å²) in [6, 6.07) is 0. The van der Waals surface area contributed by atoms with E-state index >= 15 is 0 Å². The molecule has 3 nitrogen and oxygen atoms in total. The number of hydrogen-bond donors (Lipinski definition) is 1. The highest BCUT2D eigenvalue weighted by Gasteiger charge is 2.13. The first-order valence-corrected chi connectivity index (χ1v) is 4.38. The lowest BCUT2D eigenvalue weighted by atomic mass is 9.90. The molecule has 1 amide bonds. The van der Waals surface area contributed by atoms with Gasteiger partial charge in [0.1, 0.15) is 6.29 Å². The van der Waals surface area contributed by atoms with Gasteiger partial charge in [-0.15, -0.1) is 0 Å². The quantitative estimate of drug-likeness (QED) is 0.458. The fraction of sp³-hybridized carbons (Fsp3) is 0.778. The topological polar surface area (TPSA) is 46.2 Å². The van der Waals surface area contributed by atoms with Gasteiger partial charge in [0.25, 0.3) is 0 Å². The number of aldehydes is 1. The monoisotopic (exact) mass is 171 g/mol. The van der Waals surface area contributed by atoms with Crippen molar-refractivity contribution in [1.29, 1.82) is 0 Å². The molecule has 0 saturated heterocycles. The summed E-state index contributed by atoms with van der Waals surface area (Å²) >= 11 is 0. The van der Waals surface area contributed by atoms with Crippen molar-refractivity contribution < 1.29 is 9.59 Å². The van der Waals surface area contributed by atoms with Crippen LogP contribution in [0.3, 0.4) is 0 Å². The summed E-state index contributed by atoms with van der Waals surface area (Å²) in [5.74, 6) is 0.499. The van der Waals surface area contributed by atoms with Crippen LogP contribution in [-0.2, 0) is 9.59 Å². The summed E-state index contributed by atoms with van der Waals surface area (Å²) in [5, 5.41) is 2.60. The Labute approximate surface area is 73.5 Å². The Bertz CT molecular complexity index is 136. The lowest BCUT2D eigenvalue weighted by Crippen LogP contribution is -2.20. The Morgan fingerprint density at radius 3 is 2.50 bits per heavy atom. The molecule has 1 N–H and O–H groups in total. The Hall–Kier alpha value is -0.860. The normalized spacial score (nSPS) is 14.8. The van der Waals surface area contributed by atoms with E-state index in [0.717, 1.165) is 19.1 Å². The molecule has 0 fully saturated rings. The summed E-state index contributed by atoms with van der Waals surface area (Å²) in [4.78, 5) is 20.4. The number of hydrogen-bond acceptors (Lipinski definition) is 2. The van der Waals surface area contributed by atoms with Crippen LogP contribution in [0.5, 0.6) is 0 Å². The molecule has 0 aliphatic rings. The Balaban J connectivity index is 3.66. The highest BCUT2D eigenvalue weighted by molar-refractivity contribution is 5.53. The maximum atomic E-state index is 10.4. The van der Waals surface area contributed by atoms with Gasteiger partial charge in [-0.25, -0.2) is 0 Å². The smallest absolute Gasteiger partial charge is 0.207 e. The maximum absolute atomic E-state index is 10.4. The number of nitrogens with one attached hydrogen (secondary N) is 1. The number of carbonyl (C=O) groups excluding carboxylic acids is 2. The zero-order valence-electron chi connectivity index (χ0n) is 7.75. The van der Waals surface area contributed by atoms with E-state index < -0.39 is 0 Å². The minimum Gasteiger partial charge on any atom is -0.359 e. The molecule has 0 heterocycles. The van der Waals surface area contributed by atoms with E-state index in [1.807, 2.05) is 6.92 Å². The fourth-order valence-corrected chi connectivity index (χ4v) is 1.28. The largest absolute Gasteiger partial charge is 0.359 e. The van der Waals surface area contributed by atoms with Gasteiger partial charge in [0.05, 0.1) is 0 Å². The van der Waals surface area contributed by atoms with Crippen LogP contribution >= 0.6 is 0 Å². The molecule has 0 rings (SSSR count). The molecule has 0 radical (unpaired) electrons. The molecule has 0 aliphatic heterocycles. The third-order valence-corrected chi connectivity index (χ3v) is 2.23. The second-order valence-electron chi connectivity index (χ2n) is 3.02. The molecular formula is C9H17NO2. The van der Waals surface area contributed by atoms with Gasteiger partial charge < -0.3 is 10.1 Å². The van der Waals surface area contributed by atoms with Gasteiger partial charge >= 0.3 is 0 Å². The van der Waals surface area contributed by atoms with Crippen molar-refractivity contribution in [3.05, 3.63) is 0 Å².